The zero-order valence-corrected chi connectivity index (χ0v) is 6.87. The summed E-state index contributed by atoms with van der Waals surface area (Å²) in [5.41, 5.74) is 0.310. The van der Waals surface area contributed by atoms with Gasteiger partial charge >= 0.3 is 17.4 Å². The van der Waals surface area contributed by atoms with E-state index in [0.717, 1.165) is 0 Å². The fraction of sp³-hybridized carbons (Fsp3) is 0. The van der Waals surface area contributed by atoms with E-state index < -0.39 is 0 Å². The number of para-hydroxylation sites is 1. The molecule has 11 heavy (non-hydrogen) atoms. The minimum Gasteiger partial charge on any atom is -0.592 e. The van der Waals surface area contributed by atoms with E-state index in [0.29, 0.717) is 5.69 Å². The van der Waals surface area contributed by atoms with Gasteiger partial charge in [0, 0.05) is 12.1 Å². The van der Waals surface area contributed by atoms with Gasteiger partial charge in [-0.1, -0.05) is 18.2 Å². The van der Waals surface area contributed by atoms with Crippen LogP contribution in [0.2, 0.25) is 0 Å². The van der Waals surface area contributed by atoms with Crippen LogP contribution >= 0.6 is 0 Å². The standard InChI is InChI=1S/C6H6N2O2.Al/c9-7-8(10)6-4-2-1-3-5-6;/h1-5,9H;/q;+3. The van der Waals surface area contributed by atoms with Crippen molar-refractivity contribution in [3.8, 4) is 0 Å². The molecule has 5 heteroatoms. The minimum absolute atomic E-state index is 0. The van der Waals surface area contributed by atoms with Crippen molar-refractivity contribution in [2.75, 3.05) is 0 Å². The van der Waals surface area contributed by atoms with E-state index in [1.165, 1.54) is 0 Å². The van der Waals surface area contributed by atoms with Crippen LogP contribution in [-0.4, -0.2) is 27.4 Å². The van der Waals surface area contributed by atoms with E-state index in [1.807, 2.05) is 0 Å². The first kappa shape index (κ1) is 9.95. The summed E-state index contributed by atoms with van der Waals surface area (Å²) in [5, 5.41) is 21.0. The van der Waals surface area contributed by atoms with Crippen LogP contribution < -0.4 is 0 Å². The molecule has 0 heterocycles. The molecular weight excluding hydrogens is 159 g/mol. The molecule has 0 fully saturated rings. The fourth-order valence-electron chi connectivity index (χ4n) is 0.607. The molecule has 0 radical (unpaired) electrons. The third-order valence-corrected chi connectivity index (χ3v) is 1.06. The molecule has 1 rings (SSSR count). The second kappa shape index (κ2) is 4.72. The molecule has 1 aromatic carbocycles. The Kier molecular flexibility index (Phi) is 4.27. The van der Waals surface area contributed by atoms with Crippen LogP contribution in [0.3, 0.4) is 0 Å². The first-order valence-electron chi connectivity index (χ1n) is 2.72. The van der Waals surface area contributed by atoms with Gasteiger partial charge in [0.05, 0.1) is 0 Å². The summed E-state index contributed by atoms with van der Waals surface area (Å²) in [6.45, 7) is 0. The minimum atomic E-state index is 0. The summed E-state index contributed by atoms with van der Waals surface area (Å²) in [7, 11) is 0. The molecule has 0 amide bonds. The van der Waals surface area contributed by atoms with Gasteiger partial charge in [-0.3, -0.25) is 0 Å². The Morgan fingerprint density at radius 3 is 2.27 bits per heavy atom. The van der Waals surface area contributed by atoms with Crippen LogP contribution in [0.4, 0.5) is 5.69 Å². The van der Waals surface area contributed by atoms with Crippen LogP contribution in [0.25, 0.3) is 0 Å². The molecule has 0 aliphatic rings. The maximum atomic E-state index is 10.5. The molecule has 1 aromatic rings. The first-order chi connectivity index (χ1) is 4.84. The number of hydrogen-bond donors (Lipinski definition) is 1. The van der Waals surface area contributed by atoms with Crippen molar-refractivity contribution in [3.05, 3.63) is 35.5 Å². The van der Waals surface area contributed by atoms with Gasteiger partial charge in [-0.15, -0.1) is 0 Å². The first-order valence-corrected chi connectivity index (χ1v) is 2.72. The Labute approximate surface area is 74.5 Å². The Morgan fingerprint density at radius 1 is 1.27 bits per heavy atom. The topological polar surface area (TPSA) is 58.7 Å². The second-order valence-corrected chi connectivity index (χ2v) is 1.70. The van der Waals surface area contributed by atoms with Gasteiger partial charge in [0.25, 0.3) is 0 Å². The van der Waals surface area contributed by atoms with E-state index in [-0.39, 0.29) is 22.2 Å². The molecular formula is C6H6AlN2O2+3. The third kappa shape index (κ3) is 2.58. The molecule has 52 valence electrons. The van der Waals surface area contributed by atoms with E-state index in [2.05, 4.69) is 5.28 Å². The molecule has 0 saturated carbocycles. The maximum Gasteiger partial charge on any atom is 3.00 e. The van der Waals surface area contributed by atoms with Gasteiger partial charge in [-0.25, -0.2) is 0 Å². The van der Waals surface area contributed by atoms with Crippen molar-refractivity contribution in [2.45, 2.75) is 0 Å². The summed E-state index contributed by atoms with van der Waals surface area (Å²) in [6.07, 6.45) is 0. The molecule has 0 aliphatic carbocycles. The molecule has 4 nitrogen and oxygen atoms in total. The third-order valence-electron chi connectivity index (χ3n) is 1.06. The van der Waals surface area contributed by atoms with Gasteiger partial charge in [0.15, 0.2) is 0 Å². The Hall–Kier alpha value is -1.05. The quantitative estimate of drug-likeness (QED) is 0.295. The molecule has 0 bridgehead atoms. The summed E-state index contributed by atoms with van der Waals surface area (Å²) < 4.78 is 0. The summed E-state index contributed by atoms with van der Waals surface area (Å²) in [6, 6.07) is 8.24. The van der Waals surface area contributed by atoms with Crippen LogP contribution in [-0.2, 0) is 0 Å². The largest absolute Gasteiger partial charge is 3.00 e. The number of rotatable bonds is 1. The van der Waals surface area contributed by atoms with Crippen molar-refractivity contribution >= 4 is 23.0 Å². The number of nitrogens with zero attached hydrogens (tertiary/aromatic N) is 2. The van der Waals surface area contributed by atoms with Gasteiger partial charge < -0.3 is 10.4 Å². The van der Waals surface area contributed by atoms with E-state index in [4.69, 9.17) is 5.21 Å². The second-order valence-electron chi connectivity index (χ2n) is 1.70. The molecule has 0 spiro atoms. The monoisotopic (exact) mass is 165 g/mol. The van der Waals surface area contributed by atoms with E-state index >= 15 is 0 Å². The van der Waals surface area contributed by atoms with E-state index in [1.54, 1.807) is 30.3 Å². The molecule has 0 atom stereocenters. The normalized spacial score (nSPS) is 10.4. The summed E-state index contributed by atoms with van der Waals surface area (Å²) >= 11 is 0. The van der Waals surface area contributed by atoms with Crippen molar-refractivity contribution in [3.63, 3.8) is 0 Å². The van der Waals surface area contributed by atoms with Crippen molar-refractivity contribution in [1.82, 2.24) is 0 Å². The van der Waals surface area contributed by atoms with Gasteiger partial charge in [-0.05, 0) is 4.86 Å². The average molecular weight is 165 g/mol. The van der Waals surface area contributed by atoms with Gasteiger partial charge in [-0.2, -0.15) is 0 Å². The van der Waals surface area contributed by atoms with Crippen molar-refractivity contribution in [2.24, 2.45) is 5.28 Å². The van der Waals surface area contributed by atoms with Gasteiger partial charge in [0.2, 0.25) is 11.0 Å². The predicted molar refractivity (Wildman–Crippen MR) is 39.7 cm³/mol. The van der Waals surface area contributed by atoms with E-state index in [9.17, 15) is 5.21 Å². The summed E-state index contributed by atoms with van der Waals surface area (Å²) in [4.78, 5) is 0.139. The summed E-state index contributed by atoms with van der Waals surface area (Å²) in [5.74, 6) is 0. The SMILES string of the molecule is [Al+3].[O-][N+](=NO)c1ccccc1. The fourth-order valence-corrected chi connectivity index (χ4v) is 0.607. The molecule has 0 aromatic heterocycles. The smallest absolute Gasteiger partial charge is 0.592 e. The van der Waals surface area contributed by atoms with Crippen LogP contribution in [0.15, 0.2) is 35.6 Å². The molecule has 0 aliphatic heterocycles. The Balaban J connectivity index is 0.000001000. The molecule has 0 unspecified atom stereocenters. The Morgan fingerprint density at radius 2 is 1.82 bits per heavy atom. The number of hydrogen-bond acceptors (Lipinski definition) is 2. The number of benzene rings is 1. The zero-order chi connectivity index (χ0) is 7.40. The molecule has 1 N–H and O–H groups in total. The maximum absolute atomic E-state index is 10.5. The van der Waals surface area contributed by atoms with Crippen LogP contribution in [0.1, 0.15) is 0 Å². The molecule has 0 saturated heterocycles. The van der Waals surface area contributed by atoms with Crippen LogP contribution in [0, 0.1) is 5.21 Å². The van der Waals surface area contributed by atoms with Crippen LogP contribution in [0.5, 0.6) is 0 Å². The Bertz CT molecular complexity index is 238. The van der Waals surface area contributed by atoms with Crippen molar-refractivity contribution < 1.29 is 10.1 Å². The zero-order valence-electron chi connectivity index (χ0n) is 5.71. The van der Waals surface area contributed by atoms with Crippen molar-refractivity contribution in [1.29, 1.82) is 0 Å². The predicted octanol–water partition coefficient (Wildman–Crippen LogP) is 1.29. The van der Waals surface area contributed by atoms with Gasteiger partial charge in [0.1, 0.15) is 0 Å². The average Bonchev–Trinajstić information content (AvgIpc) is 2.05.